The first-order valence-electron chi connectivity index (χ1n) is 9.57. The second-order valence-electron chi connectivity index (χ2n) is 6.79. The van der Waals surface area contributed by atoms with Crippen LogP contribution < -0.4 is 14.4 Å². The van der Waals surface area contributed by atoms with E-state index < -0.39 is 6.10 Å². The van der Waals surface area contributed by atoms with Crippen molar-refractivity contribution in [3.05, 3.63) is 54.1 Å². The van der Waals surface area contributed by atoms with Crippen molar-refractivity contribution >= 4 is 11.6 Å². The first-order valence-corrected chi connectivity index (χ1v) is 9.57. The summed E-state index contributed by atoms with van der Waals surface area (Å²) < 4.78 is 11.6. The first kappa shape index (κ1) is 19.1. The van der Waals surface area contributed by atoms with E-state index in [1.165, 1.54) is 5.56 Å². The van der Waals surface area contributed by atoms with Crippen LogP contribution in [-0.4, -0.2) is 49.7 Å². The molecule has 1 amide bonds. The zero-order chi connectivity index (χ0) is 19.2. The van der Waals surface area contributed by atoms with Crippen LogP contribution in [0, 0.1) is 6.92 Å². The maximum absolute atomic E-state index is 12.7. The van der Waals surface area contributed by atoms with Crippen LogP contribution in [0.3, 0.4) is 0 Å². The molecule has 5 nitrogen and oxygen atoms in total. The van der Waals surface area contributed by atoms with Crippen molar-refractivity contribution in [3.8, 4) is 11.5 Å². The molecule has 0 aliphatic carbocycles. The summed E-state index contributed by atoms with van der Waals surface area (Å²) in [6.07, 6.45) is -0.491. The molecule has 1 saturated heterocycles. The summed E-state index contributed by atoms with van der Waals surface area (Å²) in [7, 11) is 0. The van der Waals surface area contributed by atoms with Gasteiger partial charge in [0.2, 0.25) is 0 Å². The second-order valence-corrected chi connectivity index (χ2v) is 6.79. The van der Waals surface area contributed by atoms with Crippen molar-refractivity contribution in [2.24, 2.45) is 0 Å². The quantitative estimate of drug-likeness (QED) is 0.783. The number of amides is 1. The van der Waals surface area contributed by atoms with E-state index in [1.54, 1.807) is 0 Å². The van der Waals surface area contributed by atoms with Crippen molar-refractivity contribution in [1.29, 1.82) is 0 Å². The number of anilines is 1. The van der Waals surface area contributed by atoms with E-state index in [1.807, 2.05) is 68.1 Å². The highest BCUT2D eigenvalue weighted by Gasteiger charge is 2.27. The number of para-hydroxylation sites is 2. The molecular formula is C22H28N2O3. The lowest BCUT2D eigenvalue weighted by Gasteiger charge is -2.37. The molecule has 27 heavy (non-hydrogen) atoms. The summed E-state index contributed by atoms with van der Waals surface area (Å²) in [5, 5.41) is 0. The molecule has 0 spiro atoms. The van der Waals surface area contributed by atoms with E-state index in [2.05, 4.69) is 11.0 Å². The van der Waals surface area contributed by atoms with Crippen molar-refractivity contribution in [2.45, 2.75) is 26.9 Å². The summed E-state index contributed by atoms with van der Waals surface area (Å²) in [6, 6.07) is 15.9. The van der Waals surface area contributed by atoms with Crippen LogP contribution in [0.2, 0.25) is 0 Å². The number of carbonyl (C=O) groups excluding carboxylic acids is 1. The molecule has 0 N–H and O–H groups in total. The first-order chi connectivity index (χ1) is 13.1. The van der Waals surface area contributed by atoms with E-state index in [0.717, 1.165) is 30.3 Å². The van der Waals surface area contributed by atoms with Gasteiger partial charge in [-0.2, -0.15) is 0 Å². The lowest BCUT2D eigenvalue weighted by molar-refractivity contribution is -0.138. The van der Waals surface area contributed by atoms with Crippen molar-refractivity contribution in [3.63, 3.8) is 0 Å². The van der Waals surface area contributed by atoms with Crippen molar-refractivity contribution in [2.75, 3.05) is 37.7 Å². The molecule has 1 aliphatic rings. The molecule has 2 aromatic carbocycles. The number of benzene rings is 2. The van der Waals surface area contributed by atoms with Gasteiger partial charge in [0.15, 0.2) is 6.10 Å². The summed E-state index contributed by atoms with van der Waals surface area (Å²) in [6.45, 7) is 9.41. The van der Waals surface area contributed by atoms with Gasteiger partial charge in [-0.3, -0.25) is 4.79 Å². The van der Waals surface area contributed by atoms with Gasteiger partial charge in [0.25, 0.3) is 5.91 Å². The van der Waals surface area contributed by atoms with E-state index in [-0.39, 0.29) is 5.91 Å². The Morgan fingerprint density at radius 1 is 1.04 bits per heavy atom. The highest BCUT2D eigenvalue weighted by Crippen LogP contribution is 2.29. The molecule has 144 valence electrons. The predicted molar refractivity (Wildman–Crippen MR) is 108 cm³/mol. The van der Waals surface area contributed by atoms with Crippen LogP contribution in [-0.2, 0) is 4.79 Å². The largest absolute Gasteiger partial charge is 0.492 e. The molecular weight excluding hydrogens is 340 g/mol. The topological polar surface area (TPSA) is 42.0 Å². The number of carbonyl (C=O) groups is 1. The molecule has 0 aromatic heterocycles. The van der Waals surface area contributed by atoms with Gasteiger partial charge in [-0.05, 0) is 45.0 Å². The summed E-state index contributed by atoms with van der Waals surface area (Å²) in [4.78, 5) is 16.9. The van der Waals surface area contributed by atoms with Crippen molar-refractivity contribution < 1.29 is 14.3 Å². The van der Waals surface area contributed by atoms with E-state index in [0.29, 0.717) is 19.7 Å². The zero-order valence-electron chi connectivity index (χ0n) is 16.4. The van der Waals surface area contributed by atoms with Gasteiger partial charge in [0.05, 0.1) is 12.3 Å². The number of piperazine rings is 1. The van der Waals surface area contributed by atoms with Gasteiger partial charge in [-0.1, -0.05) is 29.8 Å². The molecule has 2 aromatic rings. The Bertz CT molecular complexity index is 752. The number of ether oxygens (including phenoxy) is 2. The maximum Gasteiger partial charge on any atom is 0.263 e. The zero-order valence-corrected chi connectivity index (χ0v) is 16.4. The highest BCUT2D eigenvalue weighted by molar-refractivity contribution is 5.81. The van der Waals surface area contributed by atoms with Crippen LogP contribution in [0.15, 0.2) is 48.5 Å². The fraction of sp³-hybridized carbons (Fsp3) is 0.409. The summed E-state index contributed by atoms with van der Waals surface area (Å²) in [5.74, 6) is 1.66. The molecule has 1 unspecified atom stereocenters. The minimum Gasteiger partial charge on any atom is -0.492 e. The third kappa shape index (κ3) is 4.73. The Morgan fingerprint density at radius 2 is 1.70 bits per heavy atom. The smallest absolute Gasteiger partial charge is 0.263 e. The predicted octanol–water partition coefficient (Wildman–Crippen LogP) is 3.51. The molecule has 5 heteroatoms. The van der Waals surface area contributed by atoms with Gasteiger partial charge < -0.3 is 19.3 Å². The third-order valence-corrected chi connectivity index (χ3v) is 4.78. The van der Waals surface area contributed by atoms with Crippen LogP contribution in [0.5, 0.6) is 11.5 Å². The standard InChI is InChI=1S/C22H28N2O3/c1-4-26-21-8-6-5-7-20(21)23-13-15-24(16-14-23)22(25)18(3)27-19-11-9-17(2)10-12-19/h5-12,18H,4,13-16H2,1-3H3. The van der Waals surface area contributed by atoms with Crippen LogP contribution >= 0.6 is 0 Å². The Balaban J connectivity index is 1.57. The Kier molecular flexibility index (Phi) is 6.22. The average molecular weight is 368 g/mol. The van der Waals surface area contributed by atoms with Crippen molar-refractivity contribution in [1.82, 2.24) is 4.90 Å². The molecule has 3 rings (SSSR count). The van der Waals surface area contributed by atoms with Gasteiger partial charge >= 0.3 is 0 Å². The molecule has 1 heterocycles. The third-order valence-electron chi connectivity index (χ3n) is 4.78. The Hall–Kier alpha value is -2.69. The Morgan fingerprint density at radius 3 is 2.37 bits per heavy atom. The number of rotatable bonds is 6. The molecule has 1 fully saturated rings. The van der Waals surface area contributed by atoms with Crippen LogP contribution in [0.25, 0.3) is 0 Å². The minimum absolute atomic E-state index is 0.0355. The fourth-order valence-electron chi connectivity index (χ4n) is 3.29. The normalized spacial score (nSPS) is 15.4. The number of hydrogen-bond acceptors (Lipinski definition) is 4. The fourth-order valence-corrected chi connectivity index (χ4v) is 3.29. The van der Waals surface area contributed by atoms with E-state index >= 15 is 0 Å². The maximum atomic E-state index is 12.7. The van der Waals surface area contributed by atoms with Gasteiger partial charge in [0.1, 0.15) is 11.5 Å². The SMILES string of the molecule is CCOc1ccccc1N1CCN(C(=O)C(C)Oc2ccc(C)cc2)CC1. The minimum atomic E-state index is -0.491. The molecule has 1 aliphatic heterocycles. The monoisotopic (exact) mass is 368 g/mol. The number of aryl methyl sites for hydroxylation is 1. The highest BCUT2D eigenvalue weighted by atomic mass is 16.5. The van der Waals surface area contributed by atoms with E-state index in [4.69, 9.17) is 9.47 Å². The Labute approximate surface area is 161 Å². The molecule has 0 bridgehead atoms. The summed E-state index contributed by atoms with van der Waals surface area (Å²) >= 11 is 0. The lowest BCUT2D eigenvalue weighted by atomic mass is 10.2. The average Bonchev–Trinajstić information content (AvgIpc) is 2.70. The molecule has 0 radical (unpaired) electrons. The lowest BCUT2D eigenvalue weighted by Crippen LogP contribution is -2.52. The number of hydrogen-bond donors (Lipinski definition) is 0. The van der Waals surface area contributed by atoms with Crippen LogP contribution in [0.4, 0.5) is 5.69 Å². The molecule has 0 saturated carbocycles. The van der Waals surface area contributed by atoms with Gasteiger partial charge in [-0.25, -0.2) is 0 Å². The summed E-state index contributed by atoms with van der Waals surface area (Å²) in [5.41, 5.74) is 2.26. The number of nitrogens with zero attached hydrogens (tertiary/aromatic N) is 2. The molecule has 1 atom stereocenters. The van der Waals surface area contributed by atoms with Gasteiger partial charge in [-0.15, -0.1) is 0 Å². The van der Waals surface area contributed by atoms with Crippen LogP contribution in [0.1, 0.15) is 19.4 Å². The second kappa shape index (κ2) is 8.80. The van der Waals surface area contributed by atoms with Gasteiger partial charge in [0, 0.05) is 26.2 Å². The van der Waals surface area contributed by atoms with E-state index in [9.17, 15) is 4.79 Å².